The summed E-state index contributed by atoms with van der Waals surface area (Å²) in [6, 6.07) is 3.83. The van der Waals surface area contributed by atoms with Crippen molar-refractivity contribution in [3.05, 3.63) is 27.2 Å². The summed E-state index contributed by atoms with van der Waals surface area (Å²) in [7, 11) is 0. The lowest BCUT2D eigenvalue weighted by atomic mass is 9.89. The van der Waals surface area contributed by atoms with Gasteiger partial charge in [0, 0.05) is 12.6 Å². The third kappa shape index (κ3) is 3.19. The standard InChI is InChI=1S/C12H14Cl3NO/c1-2-17-8-3-7(4-8)16-12-6-10(14)9(13)5-11(12)15/h5-8,16H,2-4H2,1H3. The molecule has 1 aliphatic rings. The normalized spacial score (nSPS) is 23.3. The molecule has 0 unspecified atom stereocenters. The minimum absolute atomic E-state index is 0.374. The average Bonchev–Trinajstić information content (AvgIpc) is 2.22. The Morgan fingerprint density at radius 3 is 2.47 bits per heavy atom. The van der Waals surface area contributed by atoms with Gasteiger partial charge >= 0.3 is 0 Å². The van der Waals surface area contributed by atoms with Gasteiger partial charge in [-0.05, 0) is 31.9 Å². The monoisotopic (exact) mass is 293 g/mol. The molecule has 1 aromatic rings. The highest BCUT2D eigenvalue weighted by atomic mass is 35.5. The minimum atomic E-state index is 0.374. The third-order valence-electron chi connectivity index (χ3n) is 2.87. The number of nitrogens with one attached hydrogen (secondary N) is 1. The lowest BCUT2D eigenvalue weighted by molar-refractivity contribution is 0.00299. The summed E-state index contributed by atoms with van der Waals surface area (Å²) in [5.41, 5.74) is 0.834. The van der Waals surface area contributed by atoms with Crippen molar-refractivity contribution in [1.29, 1.82) is 0 Å². The first-order chi connectivity index (χ1) is 8.10. The summed E-state index contributed by atoms with van der Waals surface area (Å²) >= 11 is 17.9. The Bertz CT molecular complexity index is 405. The van der Waals surface area contributed by atoms with Gasteiger partial charge in [0.1, 0.15) is 0 Å². The van der Waals surface area contributed by atoms with Gasteiger partial charge in [-0.25, -0.2) is 0 Å². The second-order valence-electron chi connectivity index (χ2n) is 4.14. The van der Waals surface area contributed by atoms with Crippen LogP contribution < -0.4 is 5.32 Å². The molecule has 0 saturated heterocycles. The first kappa shape index (κ1) is 13.3. The van der Waals surface area contributed by atoms with Gasteiger partial charge in [-0.3, -0.25) is 0 Å². The number of anilines is 1. The molecular formula is C12H14Cl3NO. The molecule has 2 rings (SSSR count). The predicted molar refractivity (Wildman–Crippen MR) is 73.5 cm³/mol. The Morgan fingerprint density at radius 1 is 1.18 bits per heavy atom. The van der Waals surface area contributed by atoms with Crippen molar-refractivity contribution in [1.82, 2.24) is 0 Å². The van der Waals surface area contributed by atoms with Gasteiger partial charge in [0.05, 0.1) is 26.9 Å². The Balaban J connectivity index is 1.94. The summed E-state index contributed by atoms with van der Waals surface area (Å²) in [6.07, 6.45) is 2.38. The van der Waals surface area contributed by atoms with Crippen LogP contribution in [0.5, 0.6) is 0 Å². The zero-order valence-corrected chi connectivity index (χ0v) is 11.7. The van der Waals surface area contributed by atoms with Crippen molar-refractivity contribution in [2.24, 2.45) is 0 Å². The fourth-order valence-corrected chi connectivity index (χ4v) is 2.51. The maximum absolute atomic E-state index is 6.09. The molecule has 1 saturated carbocycles. The summed E-state index contributed by atoms with van der Waals surface area (Å²) < 4.78 is 5.50. The molecule has 0 heterocycles. The van der Waals surface area contributed by atoms with Crippen LogP contribution in [0.4, 0.5) is 5.69 Å². The molecule has 1 aliphatic carbocycles. The number of rotatable bonds is 4. The van der Waals surface area contributed by atoms with Crippen LogP contribution in [0, 0.1) is 0 Å². The van der Waals surface area contributed by atoms with E-state index in [0.29, 0.717) is 27.2 Å². The molecule has 5 heteroatoms. The Morgan fingerprint density at radius 2 is 1.82 bits per heavy atom. The molecule has 94 valence electrons. The number of ether oxygens (including phenoxy) is 1. The quantitative estimate of drug-likeness (QED) is 0.818. The fourth-order valence-electron chi connectivity index (χ4n) is 1.91. The van der Waals surface area contributed by atoms with Gasteiger partial charge in [-0.1, -0.05) is 34.8 Å². The second kappa shape index (κ2) is 5.66. The molecule has 1 fully saturated rings. The van der Waals surface area contributed by atoms with Crippen molar-refractivity contribution >= 4 is 40.5 Å². The average molecular weight is 295 g/mol. The van der Waals surface area contributed by atoms with E-state index in [4.69, 9.17) is 39.5 Å². The molecule has 1 N–H and O–H groups in total. The number of halogens is 3. The Labute approximate surface area is 116 Å². The zero-order valence-electron chi connectivity index (χ0n) is 9.47. The lowest BCUT2D eigenvalue weighted by Gasteiger charge is -2.36. The first-order valence-electron chi connectivity index (χ1n) is 5.62. The van der Waals surface area contributed by atoms with Gasteiger partial charge < -0.3 is 10.1 Å². The van der Waals surface area contributed by atoms with E-state index in [1.807, 2.05) is 6.92 Å². The number of hydrogen-bond acceptors (Lipinski definition) is 2. The van der Waals surface area contributed by atoms with Crippen LogP contribution in [-0.2, 0) is 4.74 Å². The van der Waals surface area contributed by atoms with Crippen molar-refractivity contribution in [2.75, 3.05) is 11.9 Å². The Hall–Kier alpha value is -0.150. The Kier molecular flexibility index (Phi) is 4.42. The topological polar surface area (TPSA) is 21.3 Å². The predicted octanol–water partition coefficient (Wildman–Crippen LogP) is 4.63. The molecule has 0 aromatic heterocycles. The summed E-state index contributed by atoms with van der Waals surface area (Å²) in [5, 5.41) is 4.93. The van der Waals surface area contributed by atoms with Crippen LogP contribution in [-0.4, -0.2) is 18.8 Å². The van der Waals surface area contributed by atoms with Crippen LogP contribution in [0.15, 0.2) is 12.1 Å². The highest BCUT2D eigenvalue weighted by Gasteiger charge is 2.29. The van der Waals surface area contributed by atoms with E-state index in [1.165, 1.54) is 0 Å². The molecule has 0 aliphatic heterocycles. The van der Waals surface area contributed by atoms with E-state index in [0.717, 1.165) is 25.1 Å². The van der Waals surface area contributed by atoms with E-state index < -0.39 is 0 Å². The van der Waals surface area contributed by atoms with Gasteiger partial charge in [0.15, 0.2) is 0 Å². The van der Waals surface area contributed by atoms with Crippen molar-refractivity contribution in [3.63, 3.8) is 0 Å². The van der Waals surface area contributed by atoms with Crippen LogP contribution in [0.1, 0.15) is 19.8 Å². The van der Waals surface area contributed by atoms with E-state index in [9.17, 15) is 0 Å². The maximum atomic E-state index is 6.09. The summed E-state index contributed by atoms with van der Waals surface area (Å²) in [6.45, 7) is 2.78. The highest BCUT2D eigenvalue weighted by molar-refractivity contribution is 6.44. The van der Waals surface area contributed by atoms with Crippen molar-refractivity contribution in [3.8, 4) is 0 Å². The summed E-state index contributed by atoms with van der Waals surface area (Å²) in [4.78, 5) is 0. The van der Waals surface area contributed by atoms with Gasteiger partial charge in [-0.2, -0.15) is 0 Å². The third-order valence-corrected chi connectivity index (χ3v) is 3.90. The van der Waals surface area contributed by atoms with Crippen molar-refractivity contribution in [2.45, 2.75) is 31.9 Å². The van der Waals surface area contributed by atoms with Crippen LogP contribution in [0.3, 0.4) is 0 Å². The van der Waals surface area contributed by atoms with Gasteiger partial charge in [-0.15, -0.1) is 0 Å². The SMILES string of the molecule is CCOC1CC(Nc2cc(Cl)c(Cl)cc2Cl)C1. The molecule has 0 amide bonds. The zero-order chi connectivity index (χ0) is 12.4. The van der Waals surface area contributed by atoms with Crippen molar-refractivity contribution < 1.29 is 4.74 Å². The van der Waals surface area contributed by atoms with E-state index in [-0.39, 0.29) is 0 Å². The van der Waals surface area contributed by atoms with Gasteiger partial charge in [0.25, 0.3) is 0 Å². The van der Waals surface area contributed by atoms with Crippen LogP contribution in [0.2, 0.25) is 15.1 Å². The molecule has 0 spiro atoms. The number of benzene rings is 1. The molecule has 0 atom stereocenters. The summed E-state index contributed by atoms with van der Waals surface area (Å²) in [5.74, 6) is 0. The van der Waals surface area contributed by atoms with E-state index >= 15 is 0 Å². The molecule has 0 radical (unpaired) electrons. The van der Waals surface area contributed by atoms with Gasteiger partial charge in [0.2, 0.25) is 0 Å². The fraction of sp³-hybridized carbons (Fsp3) is 0.500. The molecular weight excluding hydrogens is 280 g/mol. The molecule has 17 heavy (non-hydrogen) atoms. The first-order valence-corrected chi connectivity index (χ1v) is 6.76. The van der Waals surface area contributed by atoms with E-state index in [1.54, 1.807) is 12.1 Å². The minimum Gasteiger partial charge on any atom is -0.381 e. The highest BCUT2D eigenvalue weighted by Crippen LogP contribution is 2.35. The lowest BCUT2D eigenvalue weighted by Crippen LogP contribution is -2.40. The second-order valence-corrected chi connectivity index (χ2v) is 5.36. The number of hydrogen-bond donors (Lipinski definition) is 1. The molecule has 1 aromatic carbocycles. The smallest absolute Gasteiger partial charge is 0.0653 e. The van der Waals surface area contributed by atoms with E-state index in [2.05, 4.69) is 5.32 Å². The molecule has 0 bridgehead atoms. The molecule has 2 nitrogen and oxygen atoms in total. The maximum Gasteiger partial charge on any atom is 0.0653 e. The largest absolute Gasteiger partial charge is 0.381 e. The van der Waals surface area contributed by atoms with Crippen LogP contribution in [0.25, 0.3) is 0 Å². The van der Waals surface area contributed by atoms with Crippen LogP contribution >= 0.6 is 34.8 Å².